The van der Waals surface area contributed by atoms with E-state index in [0.717, 1.165) is 5.06 Å². The van der Waals surface area contributed by atoms with Crippen LogP contribution in [0.1, 0.15) is 31.9 Å². The Morgan fingerprint density at radius 1 is 1.33 bits per heavy atom. The van der Waals surface area contributed by atoms with Crippen molar-refractivity contribution in [2.75, 3.05) is 0 Å². The van der Waals surface area contributed by atoms with Gasteiger partial charge in [-0.05, 0) is 44.9 Å². The number of rotatable bonds is 3. The van der Waals surface area contributed by atoms with E-state index in [1.807, 2.05) is 0 Å². The maximum Gasteiger partial charge on any atom is 0.294 e. The van der Waals surface area contributed by atoms with Crippen LogP contribution in [0.25, 0.3) is 0 Å². The molecule has 0 atom stereocenters. The zero-order valence-corrected chi connectivity index (χ0v) is 11.8. The van der Waals surface area contributed by atoms with E-state index in [9.17, 15) is 13.6 Å². The van der Waals surface area contributed by atoms with Gasteiger partial charge in [-0.1, -0.05) is 12.1 Å². The van der Waals surface area contributed by atoms with Gasteiger partial charge < -0.3 is 10.3 Å². The molecule has 0 aliphatic heterocycles. The minimum absolute atomic E-state index is 0.0844. The number of nitrogens with zero attached hydrogens (tertiary/aromatic N) is 1. The Balaban J connectivity index is 3.18. The first-order valence-corrected chi connectivity index (χ1v) is 6.97. The second-order valence-electron chi connectivity index (χ2n) is 5.29. The largest absolute Gasteiger partial charge is 0.785 e. The predicted octanol–water partition coefficient (Wildman–Crippen LogP) is 2.34. The van der Waals surface area contributed by atoms with Crippen molar-refractivity contribution >= 4 is 10.1 Å². The van der Waals surface area contributed by atoms with Crippen LogP contribution < -0.4 is 0 Å². The van der Waals surface area contributed by atoms with Gasteiger partial charge in [0, 0.05) is 12.1 Å². The molecule has 0 aromatic heterocycles. The fourth-order valence-electron chi connectivity index (χ4n) is 1.42. The molecule has 6 heteroatoms. The fraction of sp³-hybridized carbons (Fsp3) is 0.500. The quantitative estimate of drug-likeness (QED) is 0.674. The molecule has 0 amide bonds. The van der Waals surface area contributed by atoms with E-state index < -0.39 is 15.7 Å². The maximum absolute atomic E-state index is 11.8. The third-order valence-electron chi connectivity index (χ3n) is 2.56. The molecule has 0 heterocycles. The van der Waals surface area contributed by atoms with Crippen molar-refractivity contribution in [1.29, 1.82) is 0 Å². The lowest BCUT2D eigenvalue weighted by atomic mass is 10.1. The van der Waals surface area contributed by atoms with Crippen LogP contribution in [0, 0.1) is 12.1 Å². The average molecular weight is 272 g/mol. The number of aryl methyl sites for hydroxylation is 1. The van der Waals surface area contributed by atoms with E-state index in [0.29, 0.717) is 11.1 Å². The Hall–Kier alpha value is -0.950. The monoisotopic (exact) mass is 272 g/mol. The van der Waals surface area contributed by atoms with Gasteiger partial charge in [-0.2, -0.15) is 8.42 Å². The van der Waals surface area contributed by atoms with E-state index in [4.69, 9.17) is 4.55 Å². The molecule has 1 N–H and O–H groups in total. The number of hydroxylamine groups is 2. The van der Waals surface area contributed by atoms with E-state index in [1.54, 1.807) is 39.8 Å². The molecule has 0 saturated carbocycles. The lowest BCUT2D eigenvalue weighted by Crippen LogP contribution is -2.36. The van der Waals surface area contributed by atoms with E-state index in [2.05, 4.69) is 0 Å². The number of hydrogen-bond acceptors (Lipinski definition) is 4. The van der Waals surface area contributed by atoms with Crippen molar-refractivity contribution in [2.24, 2.45) is 0 Å². The van der Waals surface area contributed by atoms with Crippen LogP contribution in [0.4, 0.5) is 0 Å². The Bertz CT molecular complexity index is 531. The lowest BCUT2D eigenvalue weighted by molar-refractivity contribution is 0.197. The molecule has 1 rings (SSSR count). The molecule has 0 bridgehead atoms. The smallest absolute Gasteiger partial charge is 0.294 e. The van der Waals surface area contributed by atoms with Gasteiger partial charge in [-0.15, -0.1) is 0 Å². The number of hydrogen-bond donors (Lipinski definition) is 1. The highest BCUT2D eigenvalue weighted by Gasteiger charge is 2.19. The first-order chi connectivity index (χ1) is 8.01. The average Bonchev–Trinajstić information content (AvgIpc) is 2.17. The molecule has 5 nitrogen and oxygen atoms in total. The van der Waals surface area contributed by atoms with Crippen LogP contribution in [-0.2, 0) is 16.7 Å². The fourth-order valence-corrected chi connectivity index (χ4v) is 2.22. The molecule has 0 spiro atoms. The summed E-state index contributed by atoms with van der Waals surface area (Å²) in [6, 6.07) is 4.62. The molecule has 0 aliphatic carbocycles. The van der Waals surface area contributed by atoms with Crippen LogP contribution >= 0.6 is 0 Å². The summed E-state index contributed by atoms with van der Waals surface area (Å²) in [5, 5.41) is 12.6. The van der Waals surface area contributed by atoms with Crippen LogP contribution in [0.2, 0.25) is 0 Å². The second kappa shape index (κ2) is 4.97. The minimum Gasteiger partial charge on any atom is -0.785 e. The zero-order valence-electron chi connectivity index (χ0n) is 11.0. The van der Waals surface area contributed by atoms with Crippen molar-refractivity contribution in [2.45, 2.75) is 44.7 Å². The predicted molar refractivity (Wildman–Crippen MR) is 69.7 cm³/mol. The third-order valence-corrected chi connectivity index (χ3v) is 3.50. The van der Waals surface area contributed by atoms with Crippen LogP contribution in [0.3, 0.4) is 0 Å². The molecule has 18 heavy (non-hydrogen) atoms. The molecule has 0 unspecified atom stereocenters. The molecule has 1 aromatic rings. The van der Waals surface area contributed by atoms with Crippen molar-refractivity contribution in [3.8, 4) is 0 Å². The highest BCUT2D eigenvalue weighted by Crippen LogP contribution is 2.22. The molecule has 0 saturated heterocycles. The number of benzene rings is 1. The van der Waals surface area contributed by atoms with Gasteiger partial charge in [0.1, 0.15) is 0 Å². The Morgan fingerprint density at radius 2 is 1.89 bits per heavy atom. The normalized spacial score (nSPS) is 13.1. The van der Waals surface area contributed by atoms with E-state index in [-0.39, 0.29) is 11.4 Å². The van der Waals surface area contributed by atoms with Crippen LogP contribution in [0.15, 0.2) is 23.1 Å². The Labute approximate surface area is 108 Å². The molecule has 1 aromatic carbocycles. The van der Waals surface area contributed by atoms with Crippen LogP contribution in [0.5, 0.6) is 0 Å². The molecule has 0 radical (unpaired) electrons. The van der Waals surface area contributed by atoms with Gasteiger partial charge in [0.15, 0.2) is 0 Å². The highest BCUT2D eigenvalue weighted by molar-refractivity contribution is 7.85. The minimum atomic E-state index is -4.31. The van der Waals surface area contributed by atoms with Crippen molar-refractivity contribution < 1.29 is 13.0 Å². The topological polar surface area (TPSA) is 80.7 Å². The summed E-state index contributed by atoms with van der Waals surface area (Å²) in [4.78, 5) is -0.201. The lowest BCUT2D eigenvalue weighted by Gasteiger charge is -2.41. The Morgan fingerprint density at radius 3 is 2.33 bits per heavy atom. The second-order valence-corrected chi connectivity index (χ2v) is 6.68. The summed E-state index contributed by atoms with van der Waals surface area (Å²) in [7, 11) is -4.31. The van der Waals surface area contributed by atoms with Gasteiger partial charge in [0.25, 0.3) is 10.1 Å². The van der Waals surface area contributed by atoms with Crippen molar-refractivity contribution in [3.63, 3.8) is 0 Å². The van der Waals surface area contributed by atoms with Gasteiger partial charge >= 0.3 is 0 Å². The summed E-state index contributed by atoms with van der Waals surface area (Å²) >= 11 is 0. The Kier molecular flexibility index (Phi) is 4.17. The van der Waals surface area contributed by atoms with Gasteiger partial charge in [-0.25, -0.2) is 0 Å². The van der Waals surface area contributed by atoms with E-state index >= 15 is 0 Å². The van der Waals surface area contributed by atoms with Gasteiger partial charge in [0.05, 0.1) is 4.90 Å². The SMILES string of the molecule is Cc1ccc(CN([O-])C(C)(C)C)c(S(=O)(=O)O)c1. The first kappa shape index (κ1) is 15.1. The summed E-state index contributed by atoms with van der Waals surface area (Å²) in [5.74, 6) is 0. The summed E-state index contributed by atoms with van der Waals surface area (Å²) in [5.41, 5.74) is 0.383. The summed E-state index contributed by atoms with van der Waals surface area (Å²) in [6.45, 7) is 6.85. The zero-order chi connectivity index (χ0) is 14.1. The van der Waals surface area contributed by atoms with Gasteiger partial charge in [0.2, 0.25) is 0 Å². The molecule has 102 valence electrons. The van der Waals surface area contributed by atoms with E-state index in [1.165, 1.54) is 6.07 Å². The standard InChI is InChI=1S/C12H18NO4S/c1-9-5-6-10(8-13(14)12(2,3)4)11(7-9)18(15,16)17/h5-7H,8H2,1-4H3,(H,15,16,17)/q-1. The molecular weight excluding hydrogens is 254 g/mol. The van der Waals surface area contributed by atoms with Gasteiger partial charge in [-0.3, -0.25) is 4.55 Å². The summed E-state index contributed by atoms with van der Waals surface area (Å²) in [6.07, 6.45) is 0. The highest BCUT2D eigenvalue weighted by atomic mass is 32.2. The molecule has 0 aliphatic rings. The summed E-state index contributed by atoms with van der Waals surface area (Å²) < 4.78 is 31.7. The maximum atomic E-state index is 11.8. The van der Waals surface area contributed by atoms with Crippen molar-refractivity contribution in [3.05, 3.63) is 34.5 Å². The first-order valence-electron chi connectivity index (χ1n) is 5.53. The molecular formula is C12H18NO4S-. The van der Waals surface area contributed by atoms with Crippen molar-refractivity contribution in [1.82, 2.24) is 5.06 Å². The molecule has 0 fully saturated rings. The third kappa shape index (κ3) is 3.78. The van der Waals surface area contributed by atoms with Crippen LogP contribution in [-0.4, -0.2) is 23.6 Å².